The van der Waals surface area contributed by atoms with Crippen molar-refractivity contribution in [2.24, 2.45) is 0 Å². The maximum Gasteiger partial charge on any atom is 0.127 e. The van der Waals surface area contributed by atoms with Crippen molar-refractivity contribution in [3.63, 3.8) is 0 Å². The van der Waals surface area contributed by atoms with Gasteiger partial charge < -0.3 is 9.84 Å². The summed E-state index contributed by atoms with van der Waals surface area (Å²) in [4.78, 5) is 2.48. The van der Waals surface area contributed by atoms with Crippen molar-refractivity contribution < 1.29 is 9.84 Å². The topological polar surface area (TPSA) is 32.7 Å². The Morgan fingerprint density at radius 1 is 1.35 bits per heavy atom. The molecule has 1 fully saturated rings. The molecule has 1 aromatic rings. The Morgan fingerprint density at radius 2 is 2.20 bits per heavy atom. The van der Waals surface area contributed by atoms with Crippen molar-refractivity contribution in [1.82, 2.24) is 4.90 Å². The zero-order valence-electron chi connectivity index (χ0n) is 11.8. The van der Waals surface area contributed by atoms with E-state index in [1.807, 2.05) is 12.1 Å². The third-order valence-electron chi connectivity index (χ3n) is 4.39. The molecule has 0 atom stereocenters. The van der Waals surface area contributed by atoms with Gasteiger partial charge in [0.25, 0.3) is 0 Å². The van der Waals surface area contributed by atoms with Crippen molar-refractivity contribution in [3.8, 4) is 5.75 Å². The standard InChI is InChI=1S/C16H22ClNO2/c17-14-9-12-5-8-20-16(12)13(10-14)11-18(6-2-7-19)15-3-1-4-15/h9-10,15,19H,1-8,11H2. The molecule has 1 saturated carbocycles. The molecule has 4 heteroatoms. The number of aliphatic hydroxyl groups excluding tert-OH is 1. The van der Waals surface area contributed by atoms with E-state index in [1.54, 1.807) is 0 Å². The van der Waals surface area contributed by atoms with Crippen LogP contribution in [0, 0.1) is 0 Å². The number of ether oxygens (including phenoxy) is 1. The van der Waals surface area contributed by atoms with Gasteiger partial charge in [-0.1, -0.05) is 18.0 Å². The number of rotatable bonds is 6. The van der Waals surface area contributed by atoms with Crippen LogP contribution in [-0.2, 0) is 13.0 Å². The molecule has 1 N–H and O–H groups in total. The van der Waals surface area contributed by atoms with E-state index in [0.29, 0.717) is 6.04 Å². The zero-order chi connectivity index (χ0) is 13.9. The predicted octanol–water partition coefficient (Wildman–Crippen LogP) is 3.01. The summed E-state index contributed by atoms with van der Waals surface area (Å²) in [6.45, 7) is 2.85. The van der Waals surface area contributed by atoms with Gasteiger partial charge in [-0.25, -0.2) is 0 Å². The fraction of sp³-hybridized carbons (Fsp3) is 0.625. The van der Waals surface area contributed by atoms with Gasteiger partial charge >= 0.3 is 0 Å². The number of benzene rings is 1. The first kappa shape index (κ1) is 14.2. The molecule has 0 saturated heterocycles. The van der Waals surface area contributed by atoms with Crippen LogP contribution in [0.1, 0.15) is 36.8 Å². The highest BCUT2D eigenvalue weighted by atomic mass is 35.5. The van der Waals surface area contributed by atoms with Crippen LogP contribution in [0.5, 0.6) is 5.75 Å². The summed E-state index contributed by atoms with van der Waals surface area (Å²) in [6.07, 6.45) is 5.66. The molecule has 2 aliphatic rings. The van der Waals surface area contributed by atoms with E-state index in [9.17, 15) is 0 Å². The summed E-state index contributed by atoms with van der Waals surface area (Å²) in [5.74, 6) is 1.04. The summed E-state index contributed by atoms with van der Waals surface area (Å²) >= 11 is 6.23. The van der Waals surface area contributed by atoms with E-state index < -0.39 is 0 Å². The number of hydrogen-bond acceptors (Lipinski definition) is 3. The summed E-state index contributed by atoms with van der Waals surface area (Å²) in [6, 6.07) is 4.73. The molecule has 0 aromatic heterocycles. The number of fused-ring (bicyclic) bond motifs is 1. The molecule has 20 heavy (non-hydrogen) atoms. The fourth-order valence-electron chi connectivity index (χ4n) is 3.10. The van der Waals surface area contributed by atoms with Crippen molar-refractivity contribution in [1.29, 1.82) is 0 Å². The lowest BCUT2D eigenvalue weighted by Gasteiger charge is -2.37. The highest BCUT2D eigenvalue weighted by Gasteiger charge is 2.26. The van der Waals surface area contributed by atoms with E-state index in [2.05, 4.69) is 4.90 Å². The minimum atomic E-state index is 0.257. The van der Waals surface area contributed by atoms with Crippen LogP contribution in [-0.4, -0.2) is 35.8 Å². The van der Waals surface area contributed by atoms with Gasteiger partial charge in [0.2, 0.25) is 0 Å². The highest BCUT2D eigenvalue weighted by molar-refractivity contribution is 6.30. The van der Waals surface area contributed by atoms with Crippen LogP contribution in [0.3, 0.4) is 0 Å². The van der Waals surface area contributed by atoms with Gasteiger partial charge in [-0.3, -0.25) is 4.90 Å². The quantitative estimate of drug-likeness (QED) is 0.876. The van der Waals surface area contributed by atoms with Gasteiger partial charge in [-0.15, -0.1) is 0 Å². The summed E-state index contributed by atoms with van der Waals surface area (Å²) in [5.41, 5.74) is 2.44. The molecule has 110 valence electrons. The molecular formula is C16H22ClNO2. The van der Waals surface area contributed by atoms with Crippen LogP contribution in [0.2, 0.25) is 5.02 Å². The SMILES string of the molecule is OCCCN(Cc1cc(Cl)cc2c1OCC2)C1CCC1. The lowest BCUT2D eigenvalue weighted by molar-refractivity contribution is 0.108. The lowest BCUT2D eigenvalue weighted by Crippen LogP contribution is -2.40. The molecule has 0 unspecified atom stereocenters. The maximum atomic E-state index is 9.08. The molecule has 3 rings (SSSR count). The smallest absolute Gasteiger partial charge is 0.127 e. The summed E-state index contributed by atoms with van der Waals surface area (Å²) in [5, 5.41) is 9.89. The van der Waals surface area contributed by atoms with Gasteiger partial charge in [0, 0.05) is 42.7 Å². The third kappa shape index (κ3) is 2.95. The molecule has 1 aliphatic carbocycles. The minimum absolute atomic E-state index is 0.257. The summed E-state index contributed by atoms with van der Waals surface area (Å²) < 4.78 is 5.79. The van der Waals surface area contributed by atoms with Crippen LogP contribution < -0.4 is 4.74 Å². The van der Waals surface area contributed by atoms with E-state index >= 15 is 0 Å². The first-order chi connectivity index (χ1) is 9.78. The number of aliphatic hydroxyl groups is 1. The second kappa shape index (κ2) is 6.33. The zero-order valence-corrected chi connectivity index (χ0v) is 12.5. The van der Waals surface area contributed by atoms with E-state index in [1.165, 1.54) is 30.4 Å². The van der Waals surface area contributed by atoms with Crippen LogP contribution >= 0.6 is 11.6 Å². The van der Waals surface area contributed by atoms with Crippen molar-refractivity contribution in [3.05, 3.63) is 28.3 Å². The Balaban J connectivity index is 1.77. The second-order valence-corrected chi connectivity index (χ2v) is 6.22. The maximum absolute atomic E-state index is 9.08. The van der Waals surface area contributed by atoms with E-state index in [4.69, 9.17) is 21.4 Å². The molecule has 3 nitrogen and oxygen atoms in total. The lowest BCUT2D eigenvalue weighted by atomic mass is 9.91. The molecule has 1 aliphatic heterocycles. The Hall–Kier alpha value is -0.770. The molecular weight excluding hydrogens is 274 g/mol. The van der Waals surface area contributed by atoms with Gasteiger partial charge in [0.1, 0.15) is 5.75 Å². The van der Waals surface area contributed by atoms with E-state index in [0.717, 1.165) is 43.3 Å². The van der Waals surface area contributed by atoms with Gasteiger partial charge in [-0.05, 0) is 37.0 Å². The first-order valence-electron chi connectivity index (χ1n) is 7.57. The highest BCUT2D eigenvalue weighted by Crippen LogP contribution is 2.35. The normalized spacial score (nSPS) is 17.9. The molecule has 0 bridgehead atoms. The van der Waals surface area contributed by atoms with Gasteiger partial charge in [0.05, 0.1) is 6.61 Å². The monoisotopic (exact) mass is 295 g/mol. The Bertz CT molecular complexity index is 474. The van der Waals surface area contributed by atoms with Crippen molar-refractivity contribution in [2.75, 3.05) is 19.8 Å². The predicted molar refractivity (Wildman–Crippen MR) is 80.4 cm³/mol. The third-order valence-corrected chi connectivity index (χ3v) is 4.61. The van der Waals surface area contributed by atoms with Crippen molar-refractivity contribution >= 4 is 11.6 Å². The average Bonchev–Trinajstić information content (AvgIpc) is 2.81. The van der Waals surface area contributed by atoms with E-state index in [-0.39, 0.29) is 6.61 Å². The number of halogens is 1. The van der Waals surface area contributed by atoms with Crippen LogP contribution in [0.15, 0.2) is 12.1 Å². The first-order valence-corrected chi connectivity index (χ1v) is 7.94. The molecule has 0 amide bonds. The minimum Gasteiger partial charge on any atom is -0.493 e. The van der Waals surface area contributed by atoms with Crippen LogP contribution in [0.25, 0.3) is 0 Å². The Kier molecular flexibility index (Phi) is 4.49. The van der Waals surface area contributed by atoms with Crippen LogP contribution in [0.4, 0.5) is 0 Å². The van der Waals surface area contributed by atoms with Gasteiger partial charge in [0.15, 0.2) is 0 Å². The fourth-order valence-corrected chi connectivity index (χ4v) is 3.36. The summed E-state index contributed by atoms with van der Waals surface area (Å²) in [7, 11) is 0. The Labute approximate surface area is 125 Å². The largest absolute Gasteiger partial charge is 0.493 e. The molecule has 0 spiro atoms. The number of nitrogens with zero attached hydrogens (tertiary/aromatic N) is 1. The number of hydrogen-bond donors (Lipinski definition) is 1. The molecule has 1 heterocycles. The molecule has 0 radical (unpaired) electrons. The second-order valence-electron chi connectivity index (χ2n) is 5.78. The van der Waals surface area contributed by atoms with Crippen molar-refractivity contribution in [2.45, 2.75) is 44.7 Å². The van der Waals surface area contributed by atoms with Gasteiger partial charge in [-0.2, -0.15) is 0 Å². The Morgan fingerprint density at radius 3 is 2.90 bits per heavy atom. The molecule has 1 aromatic carbocycles. The average molecular weight is 296 g/mol.